The molecule has 0 aliphatic carbocycles. The van der Waals surface area contributed by atoms with Crippen LogP contribution in [0.4, 0.5) is 18.9 Å². The van der Waals surface area contributed by atoms with Crippen molar-refractivity contribution >= 4 is 29.3 Å². The second kappa shape index (κ2) is 14.3. The van der Waals surface area contributed by atoms with Gasteiger partial charge < -0.3 is 20.5 Å². The number of hydrogen-bond donors (Lipinski definition) is 3. The van der Waals surface area contributed by atoms with Crippen molar-refractivity contribution in [1.82, 2.24) is 25.1 Å². The molecule has 1 aliphatic heterocycles. The van der Waals surface area contributed by atoms with E-state index in [4.69, 9.17) is 5.11 Å². The summed E-state index contributed by atoms with van der Waals surface area (Å²) in [5.74, 6) is -1.13. The number of halogens is 3. The van der Waals surface area contributed by atoms with Crippen LogP contribution in [-0.2, 0) is 4.79 Å². The number of aliphatic hydroxyl groups excluding tert-OH is 1. The molecule has 0 saturated carbocycles. The fourth-order valence-electron chi connectivity index (χ4n) is 4.13. The van der Waals surface area contributed by atoms with Crippen LogP contribution in [0.5, 0.6) is 5.75 Å². The van der Waals surface area contributed by atoms with Gasteiger partial charge in [0.25, 0.3) is 5.91 Å². The van der Waals surface area contributed by atoms with E-state index in [0.717, 1.165) is 30.8 Å². The standard InChI is InChI=1S/C27H29F3N6O4S/c28-27(29,30)40-21-5-3-20(4-6-21)33-24(39)22-2-1-9-32-26(22)41-25(19-7-10-31-11-8-19)34-23(38)18-36-14-12-35(13-15-36)16-17-37/h1-11,25,37H,12-18H2,(H,33,39)(H,34,38). The van der Waals surface area contributed by atoms with Gasteiger partial charge in [0, 0.05) is 57.0 Å². The first kappa shape index (κ1) is 30.2. The van der Waals surface area contributed by atoms with Gasteiger partial charge in [0.2, 0.25) is 5.91 Å². The minimum Gasteiger partial charge on any atom is -0.406 e. The predicted octanol–water partition coefficient (Wildman–Crippen LogP) is 3.14. The van der Waals surface area contributed by atoms with E-state index >= 15 is 0 Å². The van der Waals surface area contributed by atoms with Crippen LogP contribution in [-0.4, -0.2) is 88.9 Å². The van der Waals surface area contributed by atoms with Gasteiger partial charge in [-0.25, -0.2) is 4.98 Å². The molecule has 1 atom stereocenters. The average Bonchev–Trinajstić information content (AvgIpc) is 2.95. The maximum atomic E-state index is 13.1. The molecule has 0 bridgehead atoms. The molecule has 3 aromatic rings. The van der Waals surface area contributed by atoms with Crippen LogP contribution in [0.25, 0.3) is 0 Å². The van der Waals surface area contributed by atoms with E-state index in [1.807, 2.05) is 4.90 Å². The number of rotatable bonds is 11. The van der Waals surface area contributed by atoms with E-state index in [1.165, 1.54) is 30.1 Å². The van der Waals surface area contributed by atoms with Crippen LogP contribution < -0.4 is 15.4 Å². The fourth-order valence-corrected chi connectivity index (χ4v) is 5.25. The van der Waals surface area contributed by atoms with E-state index in [2.05, 4.69) is 30.2 Å². The highest BCUT2D eigenvalue weighted by molar-refractivity contribution is 7.99. The number of benzene rings is 1. The van der Waals surface area contributed by atoms with Gasteiger partial charge in [-0.1, -0.05) is 11.8 Å². The summed E-state index contributed by atoms with van der Waals surface area (Å²) in [5, 5.41) is 14.6. The zero-order valence-corrected chi connectivity index (χ0v) is 22.7. The molecule has 1 fully saturated rings. The third-order valence-electron chi connectivity index (χ3n) is 6.14. The Labute approximate surface area is 238 Å². The van der Waals surface area contributed by atoms with Gasteiger partial charge in [-0.2, -0.15) is 0 Å². The topological polar surface area (TPSA) is 120 Å². The summed E-state index contributed by atoms with van der Waals surface area (Å²) in [7, 11) is 0. The lowest BCUT2D eigenvalue weighted by Crippen LogP contribution is -2.50. The predicted molar refractivity (Wildman–Crippen MR) is 146 cm³/mol. The molecule has 14 heteroatoms. The number of hydrogen-bond acceptors (Lipinski definition) is 9. The molecule has 2 aromatic heterocycles. The number of nitrogens with one attached hydrogen (secondary N) is 2. The van der Waals surface area contributed by atoms with E-state index < -0.39 is 23.4 Å². The molecule has 1 aromatic carbocycles. The third-order valence-corrected chi connectivity index (χ3v) is 7.31. The molecule has 0 radical (unpaired) electrons. The molecule has 1 saturated heterocycles. The lowest BCUT2D eigenvalue weighted by molar-refractivity contribution is -0.274. The Kier molecular flexibility index (Phi) is 10.5. The molecular weight excluding hydrogens is 561 g/mol. The number of pyridine rings is 2. The number of aliphatic hydroxyl groups is 1. The smallest absolute Gasteiger partial charge is 0.406 e. The number of aromatic nitrogens is 2. The second-order valence-corrected chi connectivity index (χ2v) is 10.2. The van der Waals surface area contributed by atoms with Crippen molar-refractivity contribution in [2.24, 2.45) is 0 Å². The first-order valence-corrected chi connectivity index (χ1v) is 13.6. The van der Waals surface area contributed by atoms with Crippen molar-refractivity contribution in [1.29, 1.82) is 0 Å². The van der Waals surface area contributed by atoms with Crippen molar-refractivity contribution in [3.63, 3.8) is 0 Å². The molecular formula is C27H29F3N6O4S. The highest BCUT2D eigenvalue weighted by Crippen LogP contribution is 2.34. The largest absolute Gasteiger partial charge is 0.573 e. The summed E-state index contributed by atoms with van der Waals surface area (Å²) in [4.78, 5) is 38.8. The Hall–Kier alpha value is -3.72. The number of alkyl halides is 3. The number of anilines is 1. The van der Waals surface area contributed by atoms with Crippen molar-refractivity contribution in [3.8, 4) is 5.75 Å². The number of piperazine rings is 1. The van der Waals surface area contributed by atoms with Crippen molar-refractivity contribution < 1.29 is 32.6 Å². The highest BCUT2D eigenvalue weighted by atomic mass is 32.2. The zero-order valence-electron chi connectivity index (χ0n) is 21.9. The van der Waals surface area contributed by atoms with E-state index in [0.29, 0.717) is 24.7 Å². The lowest BCUT2D eigenvalue weighted by Gasteiger charge is -2.34. The minimum atomic E-state index is -4.82. The fraction of sp³-hybridized carbons (Fsp3) is 0.333. The maximum absolute atomic E-state index is 13.1. The summed E-state index contributed by atoms with van der Waals surface area (Å²) in [5.41, 5.74) is 1.24. The number of β-amino-alcohol motifs (C(OH)–C–C–N with tert-alkyl or cyclic N) is 1. The van der Waals surface area contributed by atoms with Crippen LogP contribution >= 0.6 is 11.8 Å². The Morgan fingerprint density at radius 2 is 1.68 bits per heavy atom. The van der Waals surface area contributed by atoms with Gasteiger partial charge in [-0.15, -0.1) is 13.2 Å². The maximum Gasteiger partial charge on any atom is 0.573 e. The summed E-state index contributed by atoms with van der Waals surface area (Å²) in [6.07, 6.45) is -0.0798. The Balaban J connectivity index is 1.44. The van der Waals surface area contributed by atoms with E-state index in [-0.39, 0.29) is 30.3 Å². The minimum absolute atomic E-state index is 0.0993. The normalized spacial score (nSPS) is 15.2. The molecule has 2 amide bonds. The Morgan fingerprint density at radius 3 is 2.34 bits per heavy atom. The molecule has 41 heavy (non-hydrogen) atoms. The summed E-state index contributed by atoms with van der Waals surface area (Å²) in [6.45, 7) is 3.84. The van der Waals surface area contributed by atoms with Crippen LogP contribution in [0.1, 0.15) is 21.3 Å². The van der Waals surface area contributed by atoms with Gasteiger partial charge in [0.05, 0.1) is 18.7 Å². The third kappa shape index (κ3) is 9.42. The van der Waals surface area contributed by atoms with Gasteiger partial charge in [0.15, 0.2) is 0 Å². The zero-order chi connectivity index (χ0) is 29.2. The van der Waals surface area contributed by atoms with Gasteiger partial charge >= 0.3 is 6.36 Å². The number of carbonyl (C=O) groups is 2. The number of amides is 2. The first-order valence-electron chi connectivity index (χ1n) is 12.7. The highest BCUT2D eigenvalue weighted by Gasteiger charge is 2.31. The monoisotopic (exact) mass is 590 g/mol. The van der Waals surface area contributed by atoms with Gasteiger partial charge in [-0.05, 0) is 54.1 Å². The second-order valence-electron chi connectivity index (χ2n) is 9.07. The van der Waals surface area contributed by atoms with Crippen LogP contribution in [0.15, 0.2) is 72.1 Å². The van der Waals surface area contributed by atoms with E-state index in [9.17, 15) is 22.8 Å². The molecule has 3 heterocycles. The van der Waals surface area contributed by atoms with Crippen LogP contribution in [0.2, 0.25) is 0 Å². The molecule has 1 unspecified atom stereocenters. The van der Waals surface area contributed by atoms with Crippen molar-refractivity contribution in [2.45, 2.75) is 16.8 Å². The van der Waals surface area contributed by atoms with Crippen molar-refractivity contribution in [2.75, 3.05) is 51.2 Å². The Morgan fingerprint density at radius 1 is 1.00 bits per heavy atom. The number of carbonyl (C=O) groups excluding carboxylic acids is 2. The molecule has 4 rings (SSSR count). The molecule has 10 nitrogen and oxygen atoms in total. The SMILES string of the molecule is O=C(CN1CCN(CCO)CC1)NC(Sc1ncccc1C(=O)Nc1ccc(OC(F)(F)F)cc1)c1ccncc1. The molecule has 1 aliphatic rings. The quantitative estimate of drug-likeness (QED) is 0.229. The molecule has 3 N–H and O–H groups in total. The average molecular weight is 591 g/mol. The molecule has 0 spiro atoms. The number of thioether (sulfide) groups is 1. The van der Waals surface area contributed by atoms with Crippen LogP contribution in [0.3, 0.4) is 0 Å². The number of ether oxygens (including phenoxy) is 1. The summed E-state index contributed by atoms with van der Waals surface area (Å²) >= 11 is 1.18. The lowest BCUT2D eigenvalue weighted by atomic mass is 10.2. The summed E-state index contributed by atoms with van der Waals surface area (Å²) in [6, 6.07) is 11.5. The Bertz CT molecular complexity index is 1290. The van der Waals surface area contributed by atoms with Gasteiger partial charge in [0.1, 0.15) is 16.1 Å². The number of nitrogens with zero attached hydrogens (tertiary/aromatic N) is 4. The van der Waals surface area contributed by atoms with Gasteiger partial charge in [-0.3, -0.25) is 24.4 Å². The van der Waals surface area contributed by atoms with Crippen molar-refractivity contribution in [3.05, 3.63) is 78.2 Å². The van der Waals surface area contributed by atoms with E-state index in [1.54, 1.807) is 36.7 Å². The molecule has 218 valence electrons. The summed E-state index contributed by atoms with van der Waals surface area (Å²) < 4.78 is 41.2. The van der Waals surface area contributed by atoms with Crippen LogP contribution in [0, 0.1) is 0 Å². The first-order chi connectivity index (χ1) is 19.7.